The number of aromatic amines is 2. The summed E-state index contributed by atoms with van der Waals surface area (Å²) in [5.74, 6) is 0.852. The van der Waals surface area contributed by atoms with Gasteiger partial charge in [0.05, 0.1) is 7.11 Å². The second-order valence-corrected chi connectivity index (χ2v) is 6.33. The summed E-state index contributed by atoms with van der Waals surface area (Å²) >= 11 is 0. The molecule has 31 heavy (non-hydrogen) atoms. The third-order valence-corrected chi connectivity index (χ3v) is 4.48. The van der Waals surface area contributed by atoms with Crippen LogP contribution in [0.5, 0.6) is 5.75 Å². The largest absolute Gasteiger partial charge is 0.497 e. The van der Waals surface area contributed by atoms with E-state index in [2.05, 4.69) is 25.3 Å². The Hall–Kier alpha value is -4.74. The van der Waals surface area contributed by atoms with Crippen LogP contribution in [0.2, 0.25) is 0 Å². The standard InChI is InChI=1S/C19H12N6O6/c1-28-14-8-6-13(7-9-14)25-16(19(27)31-23-25)18-21-20-17(29-18)11-2-4-12(5-3-11)24-10-15(26)30-22-24/h2-10H,1H3/p+2. The van der Waals surface area contributed by atoms with E-state index in [0.717, 1.165) is 0 Å². The summed E-state index contributed by atoms with van der Waals surface area (Å²) in [4.78, 5) is 23.4. The lowest BCUT2D eigenvalue weighted by Gasteiger charge is -1.97. The summed E-state index contributed by atoms with van der Waals surface area (Å²) in [6.07, 6.45) is 1.27. The molecule has 5 rings (SSSR count). The number of methoxy groups -OCH3 is 1. The summed E-state index contributed by atoms with van der Waals surface area (Å²) in [5, 5.41) is 13.0. The molecule has 12 heteroatoms. The topological polar surface area (TPSA) is 148 Å². The molecular formula is C19H14N6O6+2. The Morgan fingerprint density at radius 3 is 2.26 bits per heavy atom. The molecule has 12 nitrogen and oxygen atoms in total. The first-order valence-electron chi connectivity index (χ1n) is 8.95. The molecule has 154 valence electrons. The molecule has 0 amide bonds. The molecule has 3 heterocycles. The molecule has 0 fully saturated rings. The van der Waals surface area contributed by atoms with Crippen LogP contribution < -0.4 is 25.4 Å². The summed E-state index contributed by atoms with van der Waals surface area (Å²) in [6, 6.07) is 13.9. The number of hydrogen-bond acceptors (Lipinski definition) is 8. The van der Waals surface area contributed by atoms with Gasteiger partial charge in [-0.25, -0.2) is 9.59 Å². The first-order valence-corrected chi connectivity index (χ1v) is 8.95. The number of nitrogens with zero attached hydrogens (tertiary/aromatic N) is 4. The van der Waals surface area contributed by atoms with Crippen LogP contribution in [0.4, 0.5) is 0 Å². The van der Waals surface area contributed by atoms with E-state index in [-0.39, 0.29) is 17.5 Å². The zero-order valence-corrected chi connectivity index (χ0v) is 15.9. The Labute approximate surface area is 171 Å². The van der Waals surface area contributed by atoms with Crippen molar-refractivity contribution in [2.24, 2.45) is 0 Å². The van der Waals surface area contributed by atoms with Gasteiger partial charge in [-0.3, -0.25) is 9.05 Å². The maximum atomic E-state index is 12.3. The van der Waals surface area contributed by atoms with Crippen LogP contribution in [-0.4, -0.2) is 27.8 Å². The van der Waals surface area contributed by atoms with Crippen LogP contribution in [0.15, 0.2) is 77.8 Å². The maximum Gasteiger partial charge on any atom is 0.441 e. The van der Waals surface area contributed by atoms with Crippen LogP contribution >= 0.6 is 0 Å². The van der Waals surface area contributed by atoms with E-state index >= 15 is 0 Å². The fourth-order valence-electron chi connectivity index (χ4n) is 2.95. The van der Waals surface area contributed by atoms with Crippen molar-refractivity contribution in [1.82, 2.24) is 20.7 Å². The predicted octanol–water partition coefficient (Wildman–Crippen LogP) is 0.528. The molecule has 0 saturated heterocycles. The zero-order valence-electron chi connectivity index (χ0n) is 15.9. The average molecular weight is 422 g/mol. The van der Waals surface area contributed by atoms with E-state index in [1.165, 1.54) is 15.6 Å². The van der Waals surface area contributed by atoms with Crippen molar-refractivity contribution in [2.75, 3.05) is 7.11 Å². The second-order valence-electron chi connectivity index (χ2n) is 6.33. The highest BCUT2D eigenvalue weighted by molar-refractivity contribution is 5.56. The lowest BCUT2D eigenvalue weighted by molar-refractivity contribution is -0.670. The highest BCUT2D eigenvalue weighted by atomic mass is 16.5. The fourth-order valence-corrected chi connectivity index (χ4v) is 2.95. The number of benzene rings is 2. The lowest BCUT2D eigenvalue weighted by atomic mass is 10.2. The molecular weight excluding hydrogens is 408 g/mol. The van der Waals surface area contributed by atoms with Gasteiger partial charge >= 0.3 is 22.8 Å². The number of rotatable bonds is 5. The maximum absolute atomic E-state index is 12.3. The van der Waals surface area contributed by atoms with Crippen LogP contribution in [0.1, 0.15) is 0 Å². The van der Waals surface area contributed by atoms with Crippen molar-refractivity contribution in [1.29, 1.82) is 0 Å². The van der Waals surface area contributed by atoms with Gasteiger partial charge in [0.2, 0.25) is 17.3 Å². The van der Waals surface area contributed by atoms with Gasteiger partial charge in [-0.15, -0.1) is 10.2 Å². The van der Waals surface area contributed by atoms with E-state index < -0.39 is 11.3 Å². The van der Waals surface area contributed by atoms with Gasteiger partial charge in [0.15, 0.2) is 0 Å². The first-order chi connectivity index (χ1) is 15.1. The summed E-state index contributed by atoms with van der Waals surface area (Å²) < 4.78 is 23.3. The van der Waals surface area contributed by atoms with Crippen LogP contribution in [0, 0.1) is 0 Å². The van der Waals surface area contributed by atoms with Crippen molar-refractivity contribution in [3.63, 3.8) is 0 Å². The molecule has 0 aliphatic carbocycles. The Balaban J connectivity index is 1.48. The van der Waals surface area contributed by atoms with Gasteiger partial charge in [0.25, 0.3) is 6.20 Å². The predicted molar refractivity (Wildman–Crippen MR) is 101 cm³/mol. The van der Waals surface area contributed by atoms with Crippen LogP contribution in [-0.2, 0) is 0 Å². The zero-order chi connectivity index (χ0) is 21.4. The number of ether oxygens (including phenoxy) is 1. The third kappa shape index (κ3) is 3.31. The molecule has 0 bridgehead atoms. The average Bonchev–Trinajstić information content (AvgIpc) is 3.54. The molecule has 0 spiro atoms. The van der Waals surface area contributed by atoms with Crippen molar-refractivity contribution in [2.45, 2.75) is 0 Å². The van der Waals surface area contributed by atoms with E-state index in [0.29, 0.717) is 22.7 Å². The summed E-state index contributed by atoms with van der Waals surface area (Å²) in [7, 11) is 1.56. The molecule has 5 aromatic rings. The van der Waals surface area contributed by atoms with E-state index in [9.17, 15) is 9.59 Å². The molecule has 0 saturated carbocycles. The minimum Gasteiger partial charge on any atom is -0.497 e. The minimum atomic E-state index is -0.665. The van der Waals surface area contributed by atoms with E-state index in [4.69, 9.17) is 13.7 Å². The Morgan fingerprint density at radius 2 is 1.58 bits per heavy atom. The van der Waals surface area contributed by atoms with Crippen LogP contribution in [0.25, 0.3) is 34.4 Å². The van der Waals surface area contributed by atoms with Gasteiger partial charge in [-0.05, 0) is 44.2 Å². The molecule has 0 aliphatic rings. The van der Waals surface area contributed by atoms with E-state index in [1.807, 2.05) is 0 Å². The normalized spacial score (nSPS) is 11.0. The Morgan fingerprint density at radius 1 is 0.871 bits per heavy atom. The van der Waals surface area contributed by atoms with Crippen molar-refractivity contribution in [3.8, 4) is 40.2 Å². The molecule has 0 atom stereocenters. The molecule has 0 aliphatic heterocycles. The van der Waals surface area contributed by atoms with Crippen molar-refractivity contribution < 1.29 is 27.6 Å². The second kappa shape index (κ2) is 7.26. The molecule has 2 aromatic carbocycles. The number of nitrogens with one attached hydrogen (secondary N) is 2. The molecule has 2 N–H and O–H groups in total. The number of hydrogen-bond donors (Lipinski definition) is 2. The number of H-pyrrole nitrogens is 2. The van der Waals surface area contributed by atoms with Gasteiger partial charge in [0.1, 0.15) is 5.75 Å². The van der Waals surface area contributed by atoms with Crippen molar-refractivity contribution >= 4 is 0 Å². The smallest absolute Gasteiger partial charge is 0.441 e. The van der Waals surface area contributed by atoms with Gasteiger partial charge in [-0.1, -0.05) is 0 Å². The SMILES string of the molecule is COc1ccc(-[n+]2[nH]oc(=O)c2-c2nnc(-c3ccc(-[n+]4cc(=O)o[nH]4)cc3)o2)cc1. The fraction of sp³-hybridized carbons (Fsp3) is 0.0526. The molecule has 0 radical (unpaired) electrons. The summed E-state index contributed by atoms with van der Waals surface area (Å²) in [5.41, 5.74) is 0.773. The minimum absolute atomic E-state index is 0.0153. The Kier molecular flexibility index (Phi) is 4.28. The highest BCUT2D eigenvalue weighted by Crippen LogP contribution is 2.22. The van der Waals surface area contributed by atoms with Gasteiger partial charge in [0, 0.05) is 29.8 Å². The quantitative estimate of drug-likeness (QED) is 0.390. The molecule has 0 unspecified atom stereocenters. The number of aromatic nitrogens is 6. The Bertz CT molecular complexity index is 1460. The highest BCUT2D eigenvalue weighted by Gasteiger charge is 2.31. The lowest BCUT2D eigenvalue weighted by Crippen LogP contribution is -2.36. The van der Waals surface area contributed by atoms with Gasteiger partial charge in [-0.2, -0.15) is 0 Å². The summed E-state index contributed by atoms with van der Waals surface area (Å²) in [6.45, 7) is 0. The first kappa shape index (κ1) is 18.3. The third-order valence-electron chi connectivity index (χ3n) is 4.48. The monoisotopic (exact) mass is 422 g/mol. The molecule has 3 aromatic heterocycles. The van der Waals surface area contributed by atoms with Crippen LogP contribution in [0.3, 0.4) is 0 Å². The van der Waals surface area contributed by atoms with Gasteiger partial charge < -0.3 is 9.15 Å². The van der Waals surface area contributed by atoms with E-state index in [1.54, 1.807) is 55.6 Å². The van der Waals surface area contributed by atoms with Crippen molar-refractivity contribution in [3.05, 3.63) is 75.6 Å².